The van der Waals surface area contributed by atoms with E-state index >= 15 is 0 Å². The molecular weight excluding hydrogens is 110 g/mol. The molecule has 0 aromatic carbocycles. The quantitative estimate of drug-likeness (QED) is 0.530. The van der Waals surface area contributed by atoms with Crippen molar-refractivity contribution in [1.29, 1.82) is 0 Å². The van der Waals surface area contributed by atoms with Crippen LogP contribution in [0.3, 0.4) is 0 Å². The minimum atomic E-state index is 0.399. The Morgan fingerprint density at radius 1 is 1.33 bits per heavy atom. The summed E-state index contributed by atoms with van der Waals surface area (Å²) < 4.78 is 0. The summed E-state index contributed by atoms with van der Waals surface area (Å²) in [6.45, 7) is 3.75. The van der Waals surface area contributed by atoms with E-state index in [0.29, 0.717) is 12.0 Å². The third-order valence-electron chi connectivity index (χ3n) is 2.18. The van der Waals surface area contributed by atoms with E-state index in [1.54, 1.807) is 0 Å². The van der Waals surface area contributed by atoms with Gasteiger partial charge in [0.15, 0.2) is 0 Å². The summed E-state index contributed by atoms with van der Waals surface area (Å²) in [5.74, 6) is 0.596. The van der Waals surface area contributed by atoms with E-state index in [1.165, 1.54) is 25.7 Å². The lowest BCUT2D eigenvalue weighted by molar-refractivity contribution is 0.362. The predicted molar refractivity (Wildman–Crippen MR) is 40.1 cm³/mol. The van der Waals surface area contributed by atoms with Crippen molar-refractivity contribution in [3.05, 3.63) is 12.7 Å². The number of rotatable bonds is 1. The maximum Gasteiger partial charge on any atom is 0.0102 e. The van der Waals surface area contributed by atoms with Gasteiger partial charge in [-0.15, -0.1) is 6.58 Å². The Morgan fingerprint density at radius 3 is 2.44 bits per heavy atom. The van der Waals surface area contributed by atoms with Gasteiger partial charge in [0, 0.05) is 6.04 Å². The fraction of sp³-hybridized carbons (Fsp3) is 0.750. The van der Waals surface area contributed by atoms with Crippen LogP contribution in [0.2, 0.25) is 0 Å². The van der Waals surface area contributed by atoms with Crippen molar-refractivity contribution >= 4 is 0 Å². The van der Waals surface area contributed by atoms with Crippen molar-refractivity contribution < 1.29 is 0 Å². The number of hydrogen-bond donors (Lipinski definition) is 1. The van der Waals surface area contributed by atoms with Gasteiger partial charge in [-0.05, 0) is 18.8 Å². The molecule has 0 aromatic heterocycles. The molecule has 1 aliphatic rings. The zero-order chi connectivity index (χ0) is 6.69. The first kappa shape index (κ1) is 6.81. The normalized spacial score (nSPS) is 36.1. The summed E-state index contributed by atoms with van der Waals surface area (Å²) in [6.07, 6.45) is 7.10. The van der Waals surface area contributed by atoms with Gasteiger partial charge in [0.1, 0.15) is 0 Å². The zero-order valence-electron chi connectivity index (χ0n) is 5.84. The van der Waals surface area contributed by atoms with Crippen LogP contribution in [0.25, 0.3) is 0 Å². The lowest BCUT2D eigenvalue weighted by Gasteiger charge is -2.25. The second-order valence-electron chi connectivity index (χ2n) is 2.85. The van der Waals surface area contributed by atoms with E-state index in [0.717, 1.165) is 0 Å². The molecule has 9 heavy (non-hydrogen) atoms. The lowest BCUT2D eigenvalue weighted by atomic mass is 9.85. The Bertz CT molecular complexity index is 98.7. The summed E-state index contributed by atoms with van der Waals surface area (Å²) in [5.41, 5.74) is 5.82. The molecule has 0 aliphatic heterocycles. The Balaban J connectivity index is 2.38. The lowest BCUT2D eigenvalue weighted by Crippen LogP contribution is -2.31. The highest BCUT2D eigenvalue weighted by molar-refractivity contribution is 4.89. The van der Waals surface area contributed by atoms with Crippen molar-refractivity contribution in [3.8, 4) is 0 Å². The van der Waals surface area contributed by atoms with Gasteiger partial charge < -0.3 is 5.73 Å². The molecule has 1 heteroatoms. The van der Waals surface area contributed by atoms with Gasteiger partial charge in [0.2, 0.25) is 0 Å². The zero-order valence-corrected chi connectivity index (χ0v) is 5.84. The van der Waals surface area contributed by atoms with Crippen LogP contribution >= 0.6 is 0 Å². The molecular formula is C8H15N. The molecule has 0 aromatic rings. The Labute approximate surface area is 56.9 Å². The minimum Gasteiger partial charge on any atom is -0.327 e. The second kappa shape index (κ2) is 3.02. The molecule has 0 saturated heterocycles. The van der Waals surface area contributed by atoms with Crippen molar-refractivity contribution in [2.75, 3.05) is 0 Å². The van der Waals surface area contributed by atoms with Crippen LogP contribution < -0.4 is 5.73 Å². The summed E-state index contributed by atoms with van der Waals surface area (Å²) in [5, 5.41) is 0. The van der Waals surface area contributed by atoms with Crippen LogP contribution in [0.5, 0.6) is 0 Å². The fourth-order valence-corrected chi connectivity index (χ4v) is 1.48. The first-order valence-corrected chi connectivity index (χ1v) is 3.72. The number of hydrogen-bond acceptors (Lipinski definition) is 1. The largest absolute Gasteiger partial charge is 0.327 e. The van der Waals surface area contributed by atoms with Crippen molar-refractivity contribution in [2.24, 2.45) is 11.7 Å². The molecule has 0 amide bonds. The summed E-state index contributed by atoms with van der Waals surface area (Å²) in [7, 11) is 0. The Hall–Kier alpha value is -0.300. The molecule has 0 radical (unpaired) electrons. The molecule has 52 valence electrons. The van der Waals surface area contributed by atoms with Gasteiger partial charge in [0.25, 0.3) is 0 Å². The van der Waals surface area contributed by atoms with Gasteiger partial charge in [-0.3, -0.25) is 0 Å². The maximum atomic E-state index is 5.82. The third-order valence-corrected chi connectivity index (χ3v) is 2.18. The van der Waals surface area contributed by atoms with Crippen LogP contribution in [0.1, 0.15) is 25.7 Å². The molecule has 2 atom stereocenters. The van der Waals surface area contributed by atoms with Crippen molar-refractivity contribution in [2.45, 2.75) is 31.7 Å². The van der Waals surface area contributed by atoms with E-state index in [2.05, 4.69) is 6.58 Å². The average molecular weight is 125 g/mol. The first-order chi connectivity index (χ1) is 4.34. The van der Waals surface area contributed by atoms with Gasteiger partial charge >= 0.3 is 0 Å². The third kappa shape index (κ3) is 1.55. The highest BCUT2D eigenvalue weighted by Gasteiger charge is 2.17. The molecule has 1 fully saturated rings. The smallest absolute Gasteiger partial charge is 0.0102 e. The topological polar surface area (TPSA) is 26.0 Å². The van der Waals surface area contributed by atoms with Gasteiger partial charge in [-0.25, -0.2) is 0 Å². The molecule has 0 heterocycles. The molecule has 2 N–H and O–H groups in total. The van der Waals surface area contributed by atoms with Crippen LogP contribution in [-0.2, 0) is 0 Å². The van der Waals surface area contributed by atoms with E-state index in [4.69, 9.17) is 5.73 Å². The van der Waals surface area contributed by atoms with E-state index in [1.807, 2.05) is 6.08 Å². The molecule has 1 aliphatic carbocycles. The standard InChI is InChI=1S/C8H15N/c1-2-7-5-3-4-6-8(7)9/h2,7-8H,1,3-6,9H2. The molecule has 0 spiro atoms. The van der Waals surface area contributed by atoms with Crippen LogP contribution in [-0.4, -0.2) is 6.04 Å². The Kier molecular flexibility index (Phi) is 2.29. The SMILES string of the molecule is C=CC1CCCCC1N. The van der Waals surface area contributed by atoms with Crippen LogP contribution in [0.15, 0.2) is 12.7 Å². The Morgan fingerprint density at radius 2 is 2.00 bits per heavy atom. The highest BCUT2D eigenvalue weighted by Crippen LogP contribution is 2.22. The molecule has 1 rings (SSSR count). The molecule has 2 unspecified atom stereocenters. The fourth-order valence-electron chi connectivity index (χ4n) is 1.48. The minimum absolute atomic E-state index is 0.399. The highest BCUT2D eigenvalue weighted by atomic mass is 14.6. The van der Waals surface area contributed by atoms with E-state index in [-0.39, 0.29) is 0 Å². The molecule has 1 nitrogen and oxygen atoms in total. The first-order valence-electron chi connectivity index (χ1n) is 3.72. The molecule has 0 bridgehead atoms. The van der Waals surface area contributed by atoms with Gasteiger partial charge in [-0.1, -0.05) is 18.9 Å². The maximum absolute atomic E-state index is 5.82. The van der Waals surface area contributed by atoms with Gasteiger partial charge in [0.05, 0.1) is 0 Å². The van der Waals surface area contributed by atoms with Gasteiger partial charge in [-0.2, -0.15) is 0 Å². The van der Waals surface area contributed by atoms with Crippen molar-refractivity contribution in [1.82, 2.24) is 0 Å². The van der Waals surface area contributed by atoms with Crippen molar-refractivity contribution in [3.63, 3.8) is 0 Å². The molecule has 1 saturated carbocycles. The second-order valence-corrected chi connectivity index (χ2v) is 2.85. The number of nitrogens with two attached hydrogens (primary N) is 1. The monoisotopic (exact) mass is 125 g/mol. The van der Waals surface area contributed by atoms with Crippen LogP contribution in [0, 0.1) is 5.92 Å². The van der Waals surface area contributed by atoms with E-state index < -0.39 is 0 Å². The van der Waals surface area contributed by atoms with E-state index in [9.17, 15) is 0 Å². The summed E-state index contributed by atoms with van der Waals surface area (Å²) >= 11 is 0. The predicted octanol–water partition coefficient (Wildman–Crippen LogP) is 1.69. The summed E-state index contributed by atoms with van der Waals surface area (Å²) in [4.78, 5) is 0. The average Bonchev–Trinajstić information content (AvgIpc) is 1.89. The summed E-state index contributed by atoms with van der Waals surface area (Å²) in [6, 6.07) is 0.399. The van der Waals surface area contributed by atoms with Crippen LogP contribution in [0.4, 0.5) is 0 Å².